The van der Waals surface area contributed by atoms with Crippen LogP contribution < -0.4 is 29.4 Å². The van der Waals surface area contributed by atoms with Crippen LogP contribution in [-0.2, 0) is 121 Å². The lowest BCUT2D eigenvalue weighted by Gasteiger charge is -2.41. The number of hydrogen-bond acceptors (Lipinski definition) is 38. The Hall–Kier alpha value is -6.22. The highest BCUT2D eigenvalue weighted by Crippen LogP contribution is 2.85. The Bertz CT molecular complexity index is 5480. The third kappa shape index (κ3) is 28.5. The second-order valence-electron chi connectivity index (χ2n) is 29.8. The van der Waals surface area contributed by atoms with Gasteiger partial charge in [-0.2, -0.15) is 0 Å². The van der Waals surface area contributed by atoms with Crippen molar-refractivity contribution in [3.63, 3.8) is 0 Å². The molecule has 1 aromatic heterocycles. The van der Waals surface area contributed by atoms with Crippen molar-refractivity contribution in [2.45, 2.75) is 169 Å². The standard InChI is InChI=1S/C20H33NO10P2.C16H20N2O9P2.C15H23NO9P2.C13H18O9P2.C12H14Cl2O8P2/c1-5-6-9-13-21(4)14-12-20(23)32(24,25)30-18(31-33(20,26)27)16-10-7-8-11-17(16)29-19(22)28-15(2)3;1-3-24-12(2)25-14-7-5-4-6-13(14)15-26-28(20,21)16(19,29(22,23)27-15)10-18-9-8-17-11-18;1-10(2)22-11(3)23-13-7-5-4-6-12(13)14-24-26(18,19)15(17,8-9-16)27(20,21)25-14;1-4-19-9(2)20-11-8-6-5-7-10(11)12-21-23(15,16)13(3,14)24(17,18)22-12;1-3-19-8(2)20-10-7-5-4-6-9(10)11-21-23(15,16)12(13,14)24(17,18)22-11/h7-8,10-11,15,18,23H,5-6,9,12-14H2,1-4H3,(H,24,25)(H,26,27);4-9,11,15,19H,2-3,10H2,1H3,(H,20,21)(H,22,23);4-7,10,14,17H,3,8-9,16H2,1-2H3,(H,18,19)(H,20,21);5-8,12,14H,2,4H2,1,3H3,(H,15,16)(H,17,18);4-7,11H,2-3H2,1H3,(H,15,16)(H,17,18). The quantitative estimate of drug-likeness (QED) is 0.00445. The van der Waals surface area contributed by atoms with Crippen molar-refractivity contribution in [1.29, 1.82) is 0 Å². The minimum absolute atomic E-state index is 0.0292. The topological polar surface area (TPSA) is 703 Å². The molecule has 5 saturated heterocycles. The number of carbonyl (C=O) groups excluding carboxylic acids is 1. The number of nitrogens with zero attached hydrogens (tertiary/aromatic N) is 3. The second-order valence-corrected chi connectivity index (χ2v) is 54.0. The maximum atomic E-state index is 13.0. The highest BCUT2D eigenvalue weighted by molar-refractivity contribution is 7.80. The van der Waals surface area contributed by atoms with Crippen molar-refractivity contribution < 1.29 is 212 Å². The minimum atomic E-state index is -5.10. The van der Waals surface area contributed by atoms with Crippen molar-refractivity contribution >= 4 is 105 Å². The maximum Gasteiger partial charge on any atom is 0.514 e. The van der Waals surface area contributed by atoms with Crippen LogP contribution >= 0.6 is 99.2 Å². The van der Waals surface area contributed by atoms with Crippen LogP contribution in [0.15, 0.2) is 190 Å². The summed E-state index contributed by atoms with van der Waals surface area (Å²) < 4.78 is 225. The van der Waals surface area contributed by atoms with Gasteiger partial charge < -0.3 is 132 Å². The van der Waals surface area contributed by atoms with E-state index in [2.05, 4.69) is 38.2 Å². The molecule has 10 unspecified atom stereocenters. The van der Waals surface area contributed by atoms with Crippen LogP contribution in [0.4, 0.5) is 4.79 Å². The molecule has 6 aromatic rings. The number of benzene rings is 5. The first-order valence-corrected chi connectivity index (χ1v) is 57.0. The SMILES string of the molecule is C=C(OCC)Oc1ccccc1C1OP(=O)(O)C(C)(O)P(=O)(O)O1.C=C(OCC)Oc1ccccc1C1OP(=O)(O)C(Cl)(Cl)P(=O)(O)O1.C=C(OCC)Oc1ccccc1C1OP(=O)(O)C(O)(Cn2ccnc2)P(=O)(O)O1.C=C(Oc1ccccc1C1OP(=O)(O)C(O)(CCN)P(=O)(O)O1)OC(C)C.CCCCCN(C)CCC1(O)P(=O)(O)OC(c2ccccc2OC(=O)OC(C)C)OP1(=O)O. The summed E-state index contributed by atoms with van der Waals surface area (Å²) in [4.78, 5) is 119. The number of para-hydroxylation sites is 5. The summed E-state index contributed by atoms with van der Waals surface area (Å²) in [5.41, 5.74) is 5.34. The molecule has 0 radical (unpaired) electrons. The zero-order chi connectivity index (χ0) is 103. The van der Waals surface area contributed by atoms with Crippen molar-refractivity contribution in [2.75, 3.05) is 46.5 Å². The smallest absolute Gasteiger partial charge is 0.466 e. The largest absolute Gasteiger partial charge is 0.514 e. The molecular weight excluding hydrogens is 2070 g/mol. The summed E-state index contributed by atoms with van der Waals surface area (Å²) in [6, 6.07) is 29.6. The molecule has 61 heteroatoms. The molecule has 11 rings (SSSR count). The Labute approximate surface area is 795 Å². The first kappa shape index (κ1) is 118. The number of rotatable bonds is 34. The normalized spacial score (nSPS) is 32.6. The molecule has 0 saturated carbocycles. The van der Waals surface area contributed by atoms with Gasteiger partial charge >= 0.3 is 85.9 Å². The van der Waals surface area contributed by atoms with Gasteiger partial charge in [-0.25, -0.2) is 9.78 Å². The predicted molar refractivity (Wildman–Crippen MR) is 485 cm³/mol. The summed E-state index contributed by atoms with van der Waals surface area (Å²) >= 11 is 11.0. The fourth-order valence-corrected chi connectivity index (χ4v) is 28.5. The lowest BCUT2D eigenvalue weighted by Crippen LogP contribution is -2.39. The van der Waals surface area contributed by atoms with Gasteiger partial charge in [0, 0.05) is 31.8 Å². The summed E-state index contributed by atoms with van der Waals surface area (Å²) in [5, 5.41) is 29.5. The number of aromatic nitrogens is 2. The lowest BCUT2D eigenvalue weighted by atomic mass is 10.2. The van der Waals surface area contributed by atoms with Gasteiger partial charge in [-0.3, -0.25) is 90.9 Å². The van der Waals surface area contributed by atoms with Crippen LogP contribution in [0, 0.1) is 0 Å². The number of hydrogen-bond donors (Lipinski definition) is 15. The molecule has 5 fully saturated rings. The fraction of sp³-hybridized carbons (Fsp3) is 0.447. The van der Waals surface area contributed by atoms with E-state index in [0.29, 0.717) is 26.7 Å². The van der Waals surface area contributed by atoms with E-state index in [-0.39, 0.29) is 106 Å². The molecule has 766 valence electrons. The van der Waals surface area contributed by atoms with Gasteiger partial charge in [-0.05, 0) is 139 Å². The number of nitrogens with two attached hydrogens (primary N) is 1. The van der Waals surface area contributed by atoms with Crippen molar-refractivity contribution in [2.24, 2.45) is 5.73 Å². The van der Waals surface area contributed by atoms with Crippen LogP contribution in [0.2, 0.25) is 0 Å². The molecule has 16 N–H and O–H groups in total. The third-order valence-electron chi connectivity index (χ3n) is 18.8. The Kier molecular flexibility index (Phi) is 41.2. The van der Waals surface area contributed by atoms with Gasteiger partial charge in [0.05, 0.1) is 72.7 Å². The first-order valence-electron chi connectivity index (χ1n) is 40.5. The van der Waals surface area contributed by atoms with Crippen molar-refractivity contribution in [1.82, 2.24) is 14.5 Å². The van der Waals surface area contributed by atoms with E-state index in [1.54, 1.807) is 84.7 Å². The zero-order valence-electron chi connectivity index (χ0n) is 74.7. The molecule has 0 bridgehead atoms. The Morgan fingerprint density at radius 2 is 0.715 bits per heavy atom. The lowest BCUT2D eigenvalue weighted by molar-refractivity contribution is -0.0626. The van der Waals surface area contributed by atoms with E-state index in [1.165, 1.54) is 116 Å². The molecule has 6 heterocycles. The Balaban J connectivity index is 0.000000234. The van der Waals surface area contributed by atoms with Gasteiger partial charge in [-0.15, -0.1) is 0 Å². The van der Waals surface area contributed by atoms with Crippen molar-refractivity contribution in [3.05, 3.63) is 218 Å². The van der Waals surface area contributed by atoms with Crippen molar-refractivity contribution in [3.8, 4) is 28.7 Å². The van der Waals surface area contributed by atoms with Gasteiger partial charge in [0.2, 0.25) is 31.5 Å². The fourth-order valence-electron chi connectivity index (χ4n) is 11.7. The first-order chi connectivity index (χ1) is 63.4. The molecule has 0 spiro atoms. The molecule has 49 nitrogen and oxygen atoms in total. The van der Waals surface area contributed by atoms with E-state index < -0.39 is 163 Å². The average Bonchev–Trinajstić information content (AvgIpc) is 1.73. The molecule has 0 aliphatic carbocycles. The number of unbranched alkanes of at least 4 members (excludes halogenated alkanes) is 2. The van der Waals surface area contributed by atoms with Gasteiger partial charge in [0.15, 0.2) is 0 Å². The van der Waals surface area contributed by atoms with E-state index in [1.807, 2.05) is 0 Å². The molecule has 0 amide bonds. The van der Waals surface area contributed by atoms with Gasteiger partial charge in [0.1, 0.15) is 28.7 Å². The molecule has 137 heavy (non-hydrogen) atoms. The van der Waals surface area contributed by atoms with Crippen LogP contribution in [0.25, 0.3) is 0 Å². The number of alkyl halides is 2. The average molecular weight is 2180 g/mol. The molecule has 5 aliphatic heterocycles. The number of aliphatic hydroxyl groups is 4. The van der Waals surface area contributed by atoms with Crippen LogP contribution in [-0.4, -0.2) is 173 Å². The molecular formula is C76H108Cl2N4O45P10. The summed E-state index contributed by atoms with van der Waals surface area (Å²) in [6.45, 7) is 29.4. The predicted octanol–water partition coefficient (Wildman–Crippen LogP) is 15.8. The van der Waals surface area contributed by atoms with Crippen LogP contribution in [0.1, 0.15) is 154 Å². The number of halogens is 2. The third-order valence-corrected chi connectivity index (χ3v) is 43.9. The van der Waals surface area contributed by atoms with Gasteiger partial charge in [0.25, 0.3) is 44.1 Å². The van der Waals surface area contributed by atoms with Crippen LogP contribution in [0.5, 0.6) is 28.7 Å². The highest BCUT2D eigenvalue weighted by atomic mass is 35.5. The summed E-state index contributed by atoms with van der Waals surface area (Å²) in [6.07, 6.45) is -4.94. The second kappa shape index (κ2) is 48.0. The molecule has 5 aliphatic rings. The Morgan fingerprint density at radius 3 is 1.01 bits per heavy atom. The van der Waals surface area contributed by atoms with E-state index >= 15 is 0 Å². The number of imidazole rings is 1. The summed E-state index contributed by atoms with van der Waals surface area (Å²) in [5.74, 6) is -0.0852. The summed E-state index contributed by atoms with van der Waals surface area (Å²) in [7, 11) is -48.3. The molecule has 5 aromatic carbocycles. The van der Waals surface area contributed by atoms with Gasteiger partial charge in [-0.1, -0.05) is 134 Å². The zero-order valence-corrected chi connectivity index (χ0v) is 85.2. The number of carbonyl (C=O) groups is 1. The highest BCUT2D eigenvalue weighted by Gasteiger charge is 2.72. The monoisotopic (exact) mass is 2180 g/mol. The number of ether oxygens (including phenoxy) is 10. The Morgan fingerprint density at radius 1 is 0.431 bits per heavy atom. The maximum absolute atomic E-state index is 13.0. The minimum Gasteiger partial charge on any atom is -0.466 e. The van der Waals surface area contributed by atoms with E-state index in [0.717, 1.165) is 23.8 Å². The van der Waals surface area contributed by atoms with E-state index in [9.17, 15) is 120 Å². The van der Waals surface area contributed by atoms with E-state index in [4.69, 9.17) is 122 Å². The molecule has 10 atom stereocenters. The van der Waals surface area contributed by atoms with Crippen LogP contribution in [0.3, 0.4) is 0 Å².